The minimum Gasteiger partial charge on any atom is -0.493 e. The summed E-state index contributed by atoms with van der Waals surface area (Å²) >= 11 is 0. The lowest BCUT2D eigenvalue weighted by atomic mass is 9.87. The number of halogens is 1. The minimum atomic E-state index is -0.683. The molecule has 1 aliphatic heterocycles. The van der Waals surface area contributed by atoms with E-state index in [-0.39, 0.29) is 24.2 Å². The quantitative estimate of drug-likeness (QED) is 0.646. The molecular formula is C19H26ClN5O3. The first-order chi connectivity index (χ1) is 13.1. The van der Waals surface area contributed by atoms with Gasteiger partial charge in [-0.15, -0.1) is 12.4 Å². The molecule has 0 unspecified atom stereocenters. The number of anilines is 1. The maximum absolute atomic E-state index is 13.1. The van der Waals surface area contributed by atoms with E-state index in [1.165, 1.54) is 0 Å². The summed E-state index contributed by atoms with van der Waals surface area (Å²) < 4.78 is 7.30. The summed E-state index contributed by atoms with van der Waals surface area (Å²) in [6.07, 6.45) is 5.20. The van der Waals surface area contributed by atoms with Crippen molar-refractivity contribution in [1.82, 2.24) is 20.4 Å². The molecule has 3 N–H and O–H groups in total. The zero-order valence-electron chi connectivity index (χ0n) is 15.8. The van der Waals surface area contributed by atoms with Crippen molar-refractivity contribution in [3.05, 3.63) is 42.7 Å². The van der Waals surface area contributed by atoms with E-state index in [2.05, 4.69) is 21.0 Å². The highest BCUT2D eigenvalue weighted by atomic mass is 35.5. The molecule has 8 nitrogen and oxygen atoms in total. The van der Waals surface area contributed by atoms with Crippen LogP contribution < -0.4 is 20.7 Å². The molecule has 1 saturated heterocycles. The predicted octanol–water partition coefficient (Wildman–Crippen LogP) is 1.54. The van der Waals surface area contributed by atoms with Crippen molar-refractivity contribution in [2.45, 2.75) is 24.8 Å². The highest BCUT2D eigenvalue weighted by Crippen LogP contribution is 2.29. The van der Waals surface area contributed by atoms with Crippen molar-refractivity contribution < 1.29 is 14.3 Å². The average Bonchev–Trinajstić information content (AvgIpc) is 3.25. The lowest BCUT2D eigenvalue weighted by Gasteiger charge is -2.36. The number of nitrogens with zero attached hydrogens (tertiary/aromatic N) is 2. The van der Waals surface area contributed by atoms with Gasteiger partial charge in [-0.3, -0.25) is 14.3 Å². The van der Waals surface area contributed by atoms with Gasteiger partial charge in [-0.1, -0.05) is 0 Å². The Morgan fingerprint density at radius 3 is 2.57 bits per heavy atom. The molecule has 1 fully saturated rings. The van der Waals surface area contributed by atoms with Crippen LogP contribution in [0.15, 0.2) is 42.7 Å². The summed E-state index contributed by atoms with van der Waals surface area (Å²) in [4.78, 5) is 24.3. The van der Waals surface area contributed by atoms with Crippen molar-refractivity contribution in [2.24, 2.45) is 0 Å². The molecule has 0 saturated carbocycles. The topological polar surface area (TPSA) is 97.3 Å². The van der Waals surface area contributed by atoms with Gasteiger partial charge in [0.2, 0.25) is 5.91 Å². The van der Waals surface area contributed by atoms with Gasteiger partial charge >= 0.3 is 0 Å². The van der Waals surface area contributed by atoms with Gasteiger partial charge in [0, 0.05) is 25.1 Å². The Hall–Kier alpha value is -2.58. The summed E-state index contributed by atoms with van der Waals surface area (Å²) in [7, 11) is 1.60. The predicted molar refractivity (Wildman–Crippen MR) is 109 cm³/mol. The number of hydrogen-bond donors (Lipinski definition) is 3. The Morgan fingerprint density at radius 1 is 1.25 bits per heavy atom. The van der Waals surface area contributed by atoms with Crippen LogP contribution in [0.5, 0.6) is 5.75 Å². The van der Waals surface area contributed by atoms with Gasteiger partial charge in [0.1, 0.15) is 11.3 Å². The van der Waals surface area contributed by atoms with E-state index in [4.69, 9.17) is 4.74 Å². The monoisotopic (exact) mass is 407 g/mol. The highest BCUT2D eigenvalue weighted by Gasteiger charge is 2.42. The molecule has 0 atom stereocenters. The van der Waals surface area contributed by atoms with Crippen LogP contribution in [0.4, 0.5) is 5.69 Å². The average molecular weight is 408 g/mol. The molecule has 2 aromatic rings. The number of carbonyl (C=O) groups is 2. The van der Waals surface area contributed by atoms with Crippen LogP contribution in [-0.4, -0.2) is 48.3 Å². The van der Waals surface area contributed by atoms with Crippen molar-refractivity contribution in [3.8, 4) is 5.75 Å². The van der Waals surface area contributed by atoms with E-state index in [0.717, 1.165) is 13.1 Å². The van der Waals surface area contributed by atoms with Gasteiger partial charge in [-0.25, -0.2) is 0 Å². The van der Waals surface area contributed by atoms with Crippen LogP contribution in [0.2, 0.25) is 0 Å². The molecule has 2 amide bonds. The standard InChI is InChI=1S/C19H25N5O3.ClH/c1-20-17(25)7-14-27-16-5-3-15(4-6-16)23-18(26)19(8-11-21-12-9-19)24-13-2-10-22-24;/h2-6,10,13,21H,7-9,11-12,14H2,1H3,(H,20,25)(H,23,26);1H. The molecular weight excluding hydrogens is 382 g/mol. The second kappa shape index (κ2) is 10.1. The smallest absolute Gasteiger partial charge is 0.252 e. The van der Waals surface area contributed by atoms with Crippen LogP contribution in [0, 0.1) is 0 Å². The molecule has 152 valence electrons. The number of ether oxygens (including phenoxy) is 1. The Bertz CT molecular complexity index is 758. The molecule has 1 aliphatic rings. The fraction of sp³-hybridized carbons (Fsp3) is 0.421. The fourth-order valence-corrected chi connectivity index (χ4v) is 3.19. The Labute approximate surface area is 170 Å². The van der Waals surface area contributed by atoms with Crippen molar-refractivity contribution >= 4 is 29.9 Å². The maximum atomic E-state index is 13.1. The molecule has 1 aromatic carbocycles. The van der Waals surface area contributed by atoms with E-state index < -0.39 is 5.54 Å². The summed E-state index contributed by atoms with van der Waals surface area (Å²) in [5, 5.41) is 13.2. The molecule has 28 heavy (non-hydrogen) atoms. The Balaban J connectivity index is 0.00000280. The van der Waals surface area contributed by atoms with Crippen molar-refractivity contribution in [3.63, 3.8) is 0 Å². The van der Waals surface area contributed by atoms with Crippen molar-refractivity contribution in [1.29, 1.82) is 0 Å². The Morgan fingerprint density at radius 2 is 1.96 bits per heavy atom. The number of amides is 2. The number of rotatable bonds is 7. The van der Waals surface area contributed by atoms with Crippen LogP contribution >= 0.6 is 12.4 Å². The zero-order valence-corrected chi connectivity index (χ0v) is 16.6. The van der Waals surface area contributed by atoms with E-state index in [9.17, 15) is 9.59 Å². The molecule has 0 spiro atoms. The van der Waals surface area contributed by atoms with Crippen LogP contribution in [0.1, 0.15) is 19.3 Å². The number of piperidine rings is 1. The largest absolute Gasteiger partial charge is 0.493 e. The first-order valence-corrected chi connectivity index (χ1v) is 9.10. The molecule has 0 aliphatic carbocycles. The van der Waals surface area contributed by atoms with Gasteiger partial charge in [-0.05, 0) is 56.3 Å². The lowest BCUT2D eigenvalue weighted by Crippen LogP contribution is -2.52. The van der Waals surface area contributed by atoms with E-state index in [0.29, 0.717) is 37.3 Å². The summed E-state index contributed by atoms with van der Waals surface area (Å²) in [5.41, 5.74) is 0.0148. The molecule has 0 bridgehead atoms. The van der Waals surface area contributed by atoms with Gasteiger partial charge < -0.3 is 20.7 Å². The molecule has 9 heteroatoms. The van der Waals surface area contributed by atoms with Crippen molar-refractivity contribution in [2.75, 3.05) is 32.1 Å². The van der Waals surface area contributed by atoms with Crippen LogP contribution in [0.25, 0.3) is 0 Å². The van der Waals surface area contributed by atoms with E-state index in [1.807, 2.05) is 12.3 Å². The number of aromatic nitrogens is 2. The SMILES string of the molecule is CNC(=O)CCOc1ccc(NC(=O)C2(n3cccn3)CCNCC2)cc1.Cl. The Kier molecular flexibility index (Phi) is 7.83. The first-order valence-electron chi connectivity index (χ1n) is 9.10. The van der Waals surface area contributed by atoms with Gasteiger partial charge in [0.15, 0.2) is 0 Å². The summed E-state index contributed by atoms with van der Waals surface area (Å²) in [6.45, 7) is 1.84. The minimum absolute atomic E-state index is 0. The maximum Gasteiger partial charge on any atom is 0.252 e. The first kappa shape index (κ1) is 21.7. The molecule has 1 aromatic heterocycles. The number of carbonyl (C=O) groups excluding carboxylic acids is 2. The molecule has 2 heterocycles. The van der Waals surface area contributed by atoms with Gasteiger partial charge in [0.25, 0.3) is 5.91 Å². The van der Waals surface area contributed by atoms with Gasteiger partial charge in [0.05, 0.1) is 13.0 Å². The van der Waals surface area contributed by atoms with E-state index in [1.54, 1.807) is 42.2 Å². The second-order valence-corrected chi connectivity index (χ2v) is 6.48. The second-order valence-electron chi connectivity index (χ2n) is 6.48. The van der Waals surface area contributed by atoms with Crippen LogP contribution in [0.3, 0.4) is 0 Å². The summed E-state index contributed by atoms with van der Waals surface area (Å²) in [5.74, 6) is 0.520. The summed E-state index contributed by atoms with van der Waals surface area (Å²) in [6, 6.07) is 8.99. The third kappa shape index (κ3) is 5.02. The third-order valence-corrected chi connectivity index (χ3v) is 4.79. The van der Waals surface area contributed by atoms with E-state index >= 15 is 0 Å². The third-order valence-electron chi connectivity index (χ3n) is 4.79. The number of benzene rings is 1. The zero-order chi connectivity index (χ0) is 19.1. The fourth-order valence-electron chi connectivity index (χ4n) is 3.19. The van der Waals surface area contributed by atoms with Gasteiger partial charge in [-0.2, -0.15) is 5.10 Å². The normalized spacial score (nSPS) is 15.2. The number of hydrogen-bond acceptors (Lipinski definition) is 5. The number of nitrogens with one attached hydrogen (secondary N) is 3. The molecule has 0 radical (unpaired) electrons. The molecule has 3 rings (SSSR count). The lowest BCUT2D eigenvalue weighted by molar-refractivity contribution is -0.126. The van der Waals surface area contributed by atoms with Crippen LogP contribution in [-0.2, 0) is 15.1 Å². The highest BCUT2D eigenvalue weighted by molar-refractivity contribution is 5.96.